The Labute approximate surface area is 161 Å². The topological polar surface area (TPSA) is 63.2 Å². The second-order valence-corrected chi connectivity index (χ2v) is 9.19. The molecule has 0 aliphatic carbocycles. The molecule has 0 radical (unpaired) electrons. The summed E-state index contributed by atoms with van der Waals surface area (Å²) < 4.78 is 39.3. The highest BCUT2D eigenvalue weighted by Gasteiger charge is 2.30. The van der Waals surface area contributed by atoms with E-state index in [1.807, 2.05) is 19.1 Å². The zero-order chi connectivity index (χ0) is 19.4. The molecule has 0 aliphatic heterocycles. The maximum Gasteiger partial charge on any atom is 0.251 e. The van der Waals surface area contributed by atoms with E-state index in [2.05, 4.69) is 5.32 Å². The molecule has 3 rings (SSSR count). The maximum absolute atomic E-state index is 13.2. The van der Waals surface area contributed by atoms with E-state index in [1.165, 1.54) is 23.5 Å². The van der Waals surface area contributed by atoms with Gasteiger partial charge in [0.05, 0.1) is 4.90 Å². The number of amides is 1. The van der Waals surface area contributed by atoms with E-state index in [9.17, 15) is 17.6 Å². The lowest BCUT2D eigenvalue weighted by atomic mass is 10.1. The molecule has 27 heavy (non-hydrogen) atoms. The van der Waals surface area contributed by atoms with Gasteiger partial charge in [0.1, 0.15) is 11.1 Å². The molecule has 2 aromatic carbocycles. The molecule has 140 valence electrons. The lowest BCUT2D eigenvalue weighted by molar-refractivity contribution is 0.0953. The van der Waals surface area contributed by atoms with Crippen molar-refractivity contribution >= 4 is 27.1 Å². The third-order valence-corrected chi connectivity index (χ3v) is 7.37. The molecule has 0 saturated heterocycles. The Bertz CT molecular complexity index is 1010. The zero-order valence-corrected chi connectivity index (χ0v) is 16.2. The van der Waals surface area contributed by atoms with Gasteiger partial charge in [0.2, 0.25) is 0 Å². The smallest absolute Gasteiger partial charge is 0.251 e. The minimum Gasteiger partial charge on any atom is -0.350 e. The van der Waals surface area contributed by atoms with Crippen LogP contribution in [-0.4, -0.2) is 20.9 Å². The van der Waals surface area contributed by atoms with Gasteiger partial charge < -0.3 is 5.32 Å². The van der Waals surface area contributed by atoms with Crippen molar-refractivity contribution in [2.45, 2.75) is 17.1 Å². The fourth-order valence-corrected chi connectivity index (χ4v) is 5.40. The van der Waals surface area contributed by atoms with E-state index >= 15 is 0 Å². The summed E-state index contributed by atoms with van der Waals surface area (Å²) in [6.45, 7) is 1.84. The predicted octanol–water partition coefficient (Wildman–Crippen LogP) is 4.14. The summed E-state index contributed by atoms with van der Waals surface area (Å²) in [5, 5.41) is 3.54. The number of carbonyl (C=O) groups excluding carboxylic acids is 1. The molecule has 0 bridgehead atoms. The highest BCUT2D eigenvalue weighted by Crippen LogP contribution is 2.31. The quantitative estimate of drug-likeness (QED) is 0.629. The van der Waals surface area contributed by atoms with Crippen LogP contribution in [0.15, 0.2) is 70.9 Å². The first-order valence-corrected chi connectivity index (χ1v) is 10.7. The molecular formula is C20H18FNO3S2. The molecule has 1 aromatic heterocycles. The van der Waals surface area contributed by atoms with Gasteiger partial charge in [-0.1, -0.05) is 23.8 Å². The van der Waals surface area contributed by atoms with Crippen molar-refractivity contribution in [2.24, 2.45) is 0 Å². The molecule has 1 amide bonds. The van der Waals surface area contributed by atoms with E-state index in [0.717, 1.165) is 17.7 Å². The van der Waals surface area contributed by atoms with Crippen LogP contribution in [-0.2, 0) is 9.84 Å². The Morgan fingerprint density at radius 3 is 2.33 bits per heavy atom. The van der Waals surface area contributed by atoms with Crippen LogP contribution in [0.3, 0.4) is 0 Å². The van der Waals surface area contributed by atoms with Crippen LogP contribution in [0.4, 0.5) is 4.39 Å². The summed E-state index contributed by atoms with van der Waals surface area (Å²) in [6.07, 6.45) is 0. The standard InChI is InChI=1S/C20H18FNO3S2/c1-14-4-6-15(7-5-14)20(23)22-13-19(18-3-2-12-26-18)27(24,25)17-10-8-16(21)9-11-17/h2-12,19H,13H2,1H3,(H,22,23)/t19-/m1/s1. The number of aryl methyl sites for hydroxylation is 1. The number of benzene rings is 2. The van der Waals surface area contributed by atoms with Crippen molar-refractivity contribution in [3.63, 3.8) is 0 Å². The van der Waals surface area contributed by atoms with Crippen LogP contribution in [0.2, 0.25) is 0 Å². The molecule has 3 aromatic rings. The van der Waals surface area contributed by atoms with Gasteiger partial charge in [0, 0.05) is 17.0 Å². The van der Waals surface area contributed by atoms with Gasteiger partial charge in [-0.25, -0.2) is 12.8 Å². The molecule has 0 spiro atoms. The monoisotopic (exact) mass is 403 g/mol. The van der Waals surface area contributed by atoms with Gasteiger partial charge in [-0.05, 0) is 54.8 Å². The lowest BCUT2D eigenvalue weighted by Gasteiger charge is -2.17. The summed E-state index contributed by atoms with van der Waals surface area (Å²) in [5.41, 5.74) is 1.49. The third-order valence-electron chi connectivity index (χ3n) is 4.14. The SMILES string of the molecule is Cc1ccc(C(=O)NC[C@H](c2cccs2)S(=O)(=O)c2ccc(F)cc2)cc1. The molecule has 7 heteroatoms. The molecule has 4 nitrogen and oxygen atoms in total. The van der Waals surface area contributed by atoms with E-state index in [1.54, 1.807) is 29.6 Å². The third kappa shape index (κ3) is 4.43. The average molecular weight is 404 g/mol. The number of rotatable bonds is 6. The predicted molar refractivity (Wildman–Crippen MR) is 104 cm³/mol. The number of carbonyl (C=O) groups is 1. The van der Waals surface area contributed by atoms with Gasteiger partial charge in [0.15, 0.2) is 9.84 Å². The Hall–Kier alpha value is -2.51. The molecule has 0 fully saturated rings. The van der Waals surface area contributed by atoms with Gasteiger partial charge in [0.25, 0.3) is 5.91 Å². The van der Waals surface area contributed by atoms with E-state index in [-0.39, 0.29) is 17.3 Å². The van der Waals surface area contributed by atoms with Gasteiger partial charge in [-0.2, -0.15) is 0 Å². The summed E-state index contributed by atoms with van der Waals surface area (Å²) in [5.74, 6) is -0.847. The fraction of sp³-hybridized carbons (Fsp3) is 0.150. The Morgan fingerprint density at radius 2 is 1.74 bits per heavy atom. The van der Waals surface area contributed by atoms with Crippen molar-refractivity contribution in [3.05, 3.63) is 87.9 Å². The largest absolute Gasteiger partial charge is 0.350 e. The van der Waals surface area contributed by atoms with Crippen LogP contribution < -0.4 is 5.32 Å². The maximum atomic E-state index is 13.2. The number of hydrogen-bond donors (Lipinski definition) is 1. The first-order chi connectivity index (χ1) is 12.9. The summed E-state index contributed by atoms with van der Waals surface area (Å²) in [6, 6.07) is 15.2. The van der Waals surface area contributed by atoms with E-state index in [4.69, 9.17) is 0 Å². The Kier molecular flexibility index (Phi) is 5.72. The Morgan fingerprint density at radius 1 is 1.07 bits per heavy atom. The molecule has 0 saturated carbocycles. The number of halogens is 1. The van der Waals surface area contributed by atoms with Gasteiger partial charge in [-0.3, -0.25) is 4.79 Å². The van der Waals surface area contributed by atoms with Crippen molar-refractivity contribution in [1.29, 1.82) is 0 Å². The van der Waals surface area contributed by atoms with Crippen molar-refractivity contribution in [2.75, 3.05) is 6.54 Å². The van der Waals surface area contributed by atoms with Crippen LogP contribution in [0, 0.1) is 12.7 Å². The average Bonchev–Trinajstić information content (AvgIpc) is 3.16. The molecule has 1 N–H and O–H groups in total. The van der Waals surface area contributed by atoms with Crippen LogP contribution in [0.25, 0.3) is 0 Å². The highest BCUT2D eigenvalue weighted by molar-refractivity contribution is 7.91. The second-order valence-electron chi connectivity index (χ2n) is 6.08. The van der Waals surface area contributed by atoms with Crippen molar-refractivity contribution < 1.29 is 17.6 Å². The molecular weight excluding hydrogens is 385 g/mol. The normalized spacial score (nSPS) is 12.5. The summed E-state index contributed by atoms with van der Waals surface area (Å²) in [7, 11) is -3.80. The highest BCUT2D eigenvalue weighted by atomic mass is 32.2. The first kappa shape index (κ1) is 19.3. The number of thiophene rings is 1. The number of nitrogens with one attached hydrogen (secondary N) is 1. The lowest BCUT2D eigenvalue weighted by Crippen LogP contribution is -2.31. The number of hydrogen-bond acceptors (Lipinski definition) is 4. The van der Waals surface area contributed by atoms with E-state index < -0.39 is 20.9 Å². The zero-order valence-electron chi connectivity index (χ0n) is 14.6. The minimum absolute atomic E-state index is 0.0203. The van der Waals surface area contributed by atoms with Crippen LogP contribution in [0.1, 0.15) is 26.0 Å². The minimum atomic E-state index is -3.80. The van der Waals surface area contributed by atoms with Crippen LogP contribution in [0.5, 0.6) is 0 Å². The molecule has 0 aliphatic rings. The van der Waals surface area contributed by atoms with Crippen LogP contribution >= 0.6 is 11.3 Å². The van der Waals surface area contributed by atoms with Gasteiger partial charge in [-0.15, -0.1) is 11.3 Å². The molecule has 0 unspecified atom stereocenters. The summed E-state index contributed by atoms with van der Waals surface area (Å²) >= 11 is 1.30. The van der Waals surface area contributed by atoms with Crippen molar-refractivity contribution in [3.8, 4) is 0 Å². The molecule has 1 atom stereocenters. The number of sulfone groups is 1. The summed E-state index contributed by atoms with van der Waals surface area (Å²) in [4.78, 5) is 13.0. The molecule has 1 heterocycles. The first-order valence-electron chi connectivity index (χ1n) is 8.25. The Balaban J connectivity index is 1.85. The fourth-order valence-electron chi connectivity index (χ4n) is 2.62. The van der Waals surface area contributed by atoms with Crippen molar-refractivity contribution in [1.82, 2.24) is 5.32 Å². The second kappa shape index (κ2) is 8.02. The van der Waals surface area contributed by atoms with Gasteiger partial charge >= 0.3 is 0 Å². The van der Waals surface area contributed by atoms with E-state index in [0.29, 0.717) is 10.4 Å².